The second kappa shape index (κ2) is 4.11. The number of hydrazine groups is 1. The summed E-state index contributed by atoms with van der Waals surface area (Å²) in [5, 5.41) is 10.1. The van der Waals surface area contributed by atoms with E-state index < -0.39 is 11.4 Å². The summed E-state index contributed by atoms with van der Waals surface area (Å²) >= 11 is 0. The third-order valence-corrected chi connectivity index (χ3v) is 2.49. The van der Waals surface area contributed by atoms with Crippen molar-refractivity contribution in [1.82, 2.24) is 20.2 Å². The highest BCUT2D eigenvalue weighted by Gasteiger charge is 2.26. The van der Waals surface area contributed by atoms with Gasteiger partial charge in [0.1, 0.15) is 11.4 Å². The minimum Gasteiger partial charge on any atom is -0.368 e. The molecule has 96 valence electrons. The molecule has 1 amide bonds. The normalized spacial score (nSPS) is 11.5. The molecule has 9 nitrogen and oxygen atoms in total. The first-order valence-corrected chi connectivity index (χ1v) is 5.20. The Labute approximate surface area is 102 Å². The number of aromatic nitrogens is 4. The maximum atomic E-state index is 11.3. The van der Waals surface area contributed by atoms with E-state index in [9.17, 15) is 4.79 Å². The van der Waals surface area contributed by atoms with E-state index in [1.165, 1.54) is 0 Å². The van der Waals surface area contributed by atoms with Crippen molar-refractivity contribution in [3.8, 4) is 0 Å². The van der Waals surface area contributed by atoms with Crippen molar-refractivity contribution in [2.24, 2.45) is 11.6 Å². The molecule has 0 unspecified atom stereocenters. The monoisotopic (exact) mass is 250 g/mol. The number of amides is 1. The molecule has 0 aromatic carbocycles. The number of rotatable bonds is 4. The van der Waals surface area contributed by atoms with Gasteiger partial charge in [-0.1, -0.05) is 0 Å². The van der Waals surface area contributed by atoms with Crippen LogP contribution in [0.4, 0.5) is 11.8 Å². The zero-order valence-electron chi connectivity index (χ0n) is 9.98. The standard InChI is InChI=1S/C9H14N8O/c1-9(2,7(10)18)15-5-4-3-12-17-6(4)14-8(13-5)16-11/h3H,11H2,1-2H3,(H2,10,18)(H3,12,13,14,15,16,17). The van der Waals surface area contributed by atoms with Crippen LogP contribution in [0.2, 0.25) is 0 Å². The molecular weight excluding hydrogens is 236 g/mol. The van der Waals surface area contributed by atoms with Crippen LogP contribution >= 0.6 is 0 Å². The van der Waals surface area contributed by atoms with Crippen molar-refractivity contribution in [2.75, 3.05) is 10.7 Å². The molecule has 0 aliphatic rings. The zero-order valence-corrected chi connectivity index (χ0v) is 9.98. The Hall–Kier alpha value is -2.42. The predicted octanol–water partition coefficient (Wildman–Crippen LogP) is -0.686. The minimum absolute atomic E-state index is 0.203. The van der Waals surface area contributed by atoms with E-state index >= 15 is 0 Å². The molecule has 0 atom stereocenters. The first-order valence-electron chi connectivity index (χ1n) is 5.20. The van der Waals surface area contributed by atoms with Crippen LogP contribution in [-0.2, 0) is 4.79 Å². The summed E-state index contributed by atoms with van der Waals surface area (Å²) in [5.74, 6) is 5.40. The van der Waals surface area contributed by atoms with Gasteiger partial charge < -0.3 is 11.1 Å². The number of nitrogens with zero attached hydrogens (tertiary/aromatic N) is 3. The lowest BCUT2D eigenvalue weighted by Gasteiger charge is -2.23. The van der Waals surface area contributed by atoms with Crippen molar-refractivity contribution in [1.29, 1.82) is 0 Å². The van der Waals surface area contributed by atoms with Crippen LogP contribution in [0.1, 0.15) is 13.8 Å². The fraction of sp³-hybridized carbons (Fsp3) is 0.333. The van der Waals surface area contributed by atoms with E-state index in [4.69, 9.17) is 11.6 Å². The van der Waals surface area contributed by atoms with Crippen molar-refractivity contribution >= 4 is 28.7 Å². The van der Waals surface area contributed by atoms with Crippen molar-refractivity contribution in [3.63, 3.8) is 0 Å². The number of nitrogen functional groups attached to an aromatic ring is 1. The summed E-state index contributed by atoms with van der Waals surface area (Å²) in [4.78, 5) is 19.5. The third-order valence-electron chi connectivity index (χ3n) is 2.49. The number of hydrogen-bond donors (Lipinski definition) is 5. The Morgan fingerprint density at radius 1 is 1.44 bits per heavy atom. The average Bonchev–Trinajstić information content (AvgIpc) is 2.76. The maximum absolute atomic E-state index is 11.3. The summed E-state index contributed by atoms with van der Waals surface area (Å²) in [5.41, 5.74) is 7.18. The smallest absolute Gasteiger partial charge is 0.242 e. The molecule has 0 aliphatic heterocycles. The largest absolute Gasteiger partial charge is 0.368 e. The van der Waals surface area contributed by atoms with E-state index in [-0.39, 0.29) is 5.95 Å². The summed E-state index contributed by atoms with van der Waals surface area (Å²) in [7, 11) is 0. The van der Waals surface area contributed by atoms with Crippen LogP contribution in [0.5, 0.6) is 0 Å². The van der Waals surface area contributed by atoms with Gasteiger partial charge in [0.05, 0.1) is 11.6 Å². The molecule has 2 heterocycles. The lowest BCUT2D eigenvalue weighted by Crippen LogP contribution is -2.45. The number of primary amides is 1. The summed E-state index contributed by atoms with van der Waals surface area (Å²) < 4.78 is 0. The molecule has 0 spiro atoms. The van der Waals surface area contributed by atoms with E-state index in [1.807, 2.05) is 0 Å². The lowest BCUT2D eigenvalue weighted by molar-refractivity contribution is -0.121. The topological polar surface area (TPSA) is 148 Å². The van der Waals surface area contributed by atoms with Crippen molar-refractivity contribution in [3.05, 3.63) is 6.20 Å². The highest BCUT2D eigenvalue weighted by atomic mass is 16.1. The Morgan fingerprint density at radius 3 is 2.78 bits per heavy atom. The number of H-pyrrole nitrogens is 1. The number of anilines is 2. The van der Waals surface area contributed by atoms with E-state index in [0.717, 1.165) is 0 Å². The van der Waals surface area contributed by atoms with Gasteiger partial charge in [-0.2, -0.15) is 15.1 Å². The zero-order chi connectivity index (χ0) is 13.3. The molecule has 7 N–H and O–H groups in total. The number of nitrogens with one attached hydrogen (secondary N) is 3. The first-order chi connectivity index (χ1) is 8.44. The second-order valence-corrected chi connectivity index (χ2v) is 4.29. The van der Waals surface area contributed by atoms with Crippen LogP contribution < -0.4 is 22.3 Å². The van der Waals surface area contributed by atoms with Gasteiger partial charge in [-0.15, -0.1) is 0 Å². The van der Waals surface area contributed by atoms with Gasteiger partial charge >= 0.3 is 0 Å². The number of aromatic amines is 1. The SMILES string of the molecule is CC(C)(Nc1nc(NN)nc2[nH]ncc12)C(N)=O. The highest BCUT2D eigenvalue weighted by molar-refractivity contribution is 5.92. The Balaban J connectivity index is 2.49. The van der Waals surface area contributed by atoms with Gasteiger partial charge in [-0.05, 0) is 13.8 Å². The van der Waals surface area contributed by atoms with E-state index in [0.29, 0.717) is 16.9 Å². The van der Waals surface area contributed by atoms with E-state index in [1.54, 1.807) is 20.0 Å². The number of carbonyl (C=O) groups is 1. The summed E-state index contributed by atoms with van der Waals surface area (Å²) in [6.45, 7) is 3.30. The lowest BCUT2D eigenvalue weighted by atomic mass is 10.1. The molecule has 0 saturated carbocycles. The van der Waals surface area contributed by atoms with Gasteiger partial charge in [0, 0.05) is 0 Å². The molecular formula is C9H14N8O. The van der Waals surface area contributed by atoms with Crippen LogP contribution in [0.25, 0.3) is 11.0 Å². The maximum Gasteiger partial charge on any atom is 0.242 e. The van der Waals surface area contributed by atoms with Crippen LogP contribution in [0.3, 0.4) is 0 Å². The fourth-order valence-electron chi connectivity index (χ4n) is 1.35. The first kappa shape index (κ1) is 12.0. The third kappa shape index (κ3) is 2.02. The van der Waals surface area contributed by atoms with Gasteiger partial charge in [-0.3, -0.25) is 15.3 Å². The Morgan fingerprint density at radius 2 is 2.17 bits per heavy atom. The van der Waals surface area contributed by atoms with Gasteiger partial charge in [0.25, 0.3) is 0 Å². The van der Waals surface area contributed by atoms with Gasteiger partial charge in [0.2, 0.25) is 11.9 Å². The van der Waals surface area contributed by atoms with Crippen LogP contribution in [0, 0.1) is 0 Å². The number of hydrogen-bond acceptors (Lipinski definition) is 7. The fourth-order valence-corrected chi connectivity index (χ4v) is 1.35. The van der Waals surface area contributed by atoms with E-state index in [2.05, 4.69) is 30.9 Å². The average molecular weight is 250 g/mol. The molecule has 9 heteroatoms. The molecule has 0 radical (unpaired) electrons. The van der Waals surface area contributed by atoms with Gasteiger partial charge in [-0.25, -0.2) is 5.84 Å². The molecule has 18 heavy (non-hydrogen) atoms. The molecule has 2 rings (SSSR count). The molecule has 0 aliphatic carbocycles. The summed E-state index contributed by atoms with van der Waals surface area (Å²) in [6, 6.07) is 0. The molecule has 2 aromatic heterocycles. The Bertz CT molecular complexity index is 589. The number of carbonyl (C=O) groups excluding carboxylic acids is 1. The quantitative estimate of drug-likeness (QED) is 0.356. The molecule has 2 aromatic rings. The van der Waals surface area contributed by atoms with Crippen LogP contribution in [-0.4, -0.2) is 31.6 Å². The molecule has 0 bridgehead atoms. The highest BCUT2D eigenvalue weighted by Crippen LogP contribution is 2.22. The number of fused-ring (bicyclic) bond motifs is 1. The minimum atomic E-state index is -0.954. The van der Waals surface area contributed by atoms with Crippen LogP contribution in [0.15, 0.2) is 6.20 Å². The Kier molecular flexibility index (Phi) is 2.75. The molecule has 0 saturated heterocycles. The summed E-state index contributed by atoms with van der Waals surface area (Å²) in [6.07, 6.45) is 1.55. The van der Waals surface area contributed by atoms with Gasteiger partial charge in [0.15, 0.2) is 5.65 Å². The molecule has 0 fully saturated rings. The van der Waals surface area contributed by atoms with Crippen molar-refractivity contribution in [2.45, 2.75) is 19.4 Å². The second-order valence-electron chi connectivity index (χ2n) is 4.29. The predicted molar refractivity (Wildman–Crippen MR) is 66.4 cm³/mol. The number of nitrogens with two attached hydrogens (primary N) is 2. The van der Waals surface area contributed by atoms with Crippen molar-refractivity contribution < 1.29 is 4.79 Å².